The van der Waals surface area contributed by atoms with Crippen molar-refractivity contribution in [2.24, 2.45) is 5.73 Å². The minimum absolute atomic E-state index is 0.0543. The van der Waals surface area contributed by atoms with Gasteiger partial charge in [-0.2, -0.15) is 0 Å². The van der Waals surface area contributed by atoms with Gasteiger partial charge in [-0.3, -0.25) is 9.59 Å². The van der Waals surface area contributed by atoms with Gasteiger partial charge in [-0.15, -0.1) is 0 Å². The Bertz CT molecular complexity index is 485. The van der Waals surface area contributed by atoms with E-state index < -0.39 is 5.91 Å². The van der Waals surface area contributed by atoms with Gasteiger partial charge in [-0.05, 0) is 43.0 Å². The lowest BCUT2D eigenvalue weighted by atomic mass is 10.1. The van der Waals surface area contributed by atoms with Crippen LogP contribution in [0.1, 0.15) is 35.2 Å². The molecule has 0 spiro atoms. The number of carbonyl (C=O) groups excluding carboxylic acids is 2. The zero-order valence-electron chi connectivity index (χ0n) is 10.8. The van der Waals surface area contributed by atoms with Crippen molar-refractivity contribution in [3.8, 4) is 0 Å². The third-order valence-corrected chi connectivity index (χ3v) is 3.28. The molecular formula is C15H18N2O2. The summed E-state index contributed by atoms with van der Waals surface area (Å²) in [7, 11) is 0. The summed E-state index contributed by atoms with van der Waals surface area (Å²) in [5, 5.41) is 0. The zero-order valence-corrected chi connectivity index (χ0v) is 10.8. The fraction of sp³-hybridized carbons (Fsp3) is 0.333. The first-order chi connectivity index (χ1) is 9.16. The minimum Gasteiger partial charge on any atom is -0.366 e. The van der Waals surface area contributed by atoms with E-state index in [4.69, 9.17) is 5.73 Å². The van der Waals surface area contributed by atoms with E-state index in [2.05, 4.69) is 0 Å². The third-order valence-electron chi connectivity index (χ3n) is 3.28. The summed E-state index contributed by atoms with van der Waals surface area (Å²) in [4.78, 5) is 24.7. The van der Waals surface area contributed by atoms with Crippen molar-refractivity contribution in [3.05, 3.63) is 41.5 Å². The quantitative estimate of drug-likeness (QED) is 0.840. The summed E-state index contributed by atoms with van der Waals surface area (Å²) >= 11 is 0. The van der Waals surface area contributed by atoms with Gasteiger partial charge in [0.05, 0.1) is 0 Å². The molecule has 1 saturated heterocycles. The molecule has 100 valence electrons. The maximum atomic E-state index is 11.9. The molecule has 4 heteroatoms. The first-order valence-electron chi connectivity index (χ1n) is 6.54. The van der Waals surface area contributed by atoms with Crippen molar-refractivity contribution in [1.29, 1.82) is 0 Å². The monoisotopic (exact) mass is 258 g/mol. The number of rotatable bonds is 3. The van der Waals surface area contributed by atoms with Gasteiger partial charge in [0.15, 0.2) is 0 Å². The average molecular weight is 258 g/mol. The highest BCUT2D eigenvalue weighted by Crippen LogP contribution is 2.10. The van der Waals surface area contributed by atoms with E-state index in [0.29, 0.717) is 5.56 Å². The molecule has 0 aliphatic carbocycles. The summed E-state index contributed by atoms with van der Waals surface area (Å²) < 4.78 is 0. The SMILES string of the molecule is NC(=O)c1ccc(C=CC(=O)N2CCCCC2)cc1. The number of nitrogens with two attached hydrogens (primary N) is 1. The fourth-order valence-electron chi connectivity index (χ4n) is 2.15. The summed E-state index contributed by atoms with van der Waals surface area (Å²) in [5.41, 5.74) is 6.52. The molecular weight excluding hydrogens is 240 g/mol. The van der Waals surface area contributed by atoms with Crippen LogP contribution in [-0.4, -0.2) is 29.8 Å². The second kappa shape index (κ2) is 6.18. The van der Waals surface area contributed by atoms with Gasteiger partial charge >= 0.3 is 0 Å². The van der Waals surface area contributed by atoms with Crippen LogP contribution in [0.3, 0.4) is 0 Å². The molecule has 0 radical (unpaired) electrons. The second-order valence-electron chi connectivity index (χ2n) is 4.71. The molecule has 0 saturated carbocycles. The Labute approximate surface area is 112 Å². The lowest BCUT2D eigenvalue weighted by molar-refractivity contribution is -0.126. The Morgan fingerprint density at radius 1 is 1.05 bits per heavy atom. The van der Waals surface area contributed by atoms with Crippen LogP contribution in [0.5, 0.6) is 0 Å². The molecule has 1 aromatic rings. The Hall–Kier alpha value is -2.10. The molecule has 0 atom stereocenters. The first kappa shape index (κ1) is 13.3. The topological polar surface area (TPSA) is 63.4 Å². The Morgan fingerprint density at radius 3 is 2.26 bits per heavy atom. The van der Waals surface area contributed by atoms with Gasteiger partial charge in [0, 0.05) is 24.7 Å². The van der Waals surface area contributed by atoms with Crippen LogP contribution in [0, 0.1) is 0 Å². The Morgan fingerprint density at radius 2 is 1.68 bits per heavy atom. The van der Waals surface area contributed by atoms with Crippen LogP contribution in [0.2, 0.25) is 0 Å². The molecule has 1 aromatic carbocycles. The largest absolute Gasteiger partial charge is 0.366 e. The lowest BCUT2D eigenvalue weighted by Crippen LogP contribution is -2.34. The molecule has 19 heavy (non-hydrogen) atoms. The number of piperidine rings is 1. The summed E-state index contributed by atoms with van der Waals surface area (Å²) in [6.45, 7) is 1.70. The summed E-state index contributed by atoms with van der Waals surface area (Å²) in [6, 6.07) is 6.88. The summed E-state index contributed by atoms with van der Waals surface area (Å²) in [6.07, 6.45) is 6.74. The van der Waals surface area contributed by atoms with Crippen LogP contribution < -0.4 is 5.73 Å². The molecule has 1 fully saturated rings. The lowest BCUT2D eigenvalue weighted by Gasteiger charge is -2.25. The van der Waals surface area contributed by atoms with Gasteiger partial charge < -0.3 is 10.6 Å². The van der Waals surface area contributed by atoms with Crippen molar-refractivity contribution < 1.29 is 9.59 Å². The maximum absolute atomic E-state index is 11.9. The molecule has 0 aromatic heterocycles. The van der Waals surface area contributed by atoms with E-state index in [9.17, 15) is 9.59 Å². The number of hydrogen-bond acceptors (Lipinski definition) is 2. The molecule has 1 heterocycles. The second-order valence-corrected chi connectivity index (χ2v) is 4.71. The number of hydrogen-bond donors (Lipinski definition) is 1. The van der Waals surface area contributed by atoms with Gasteiger partial charge in [0.2, 0.25) is 11.8 Å². The van der Waals surface area contributed by atoms with Crippen molar-refractivity contribution >= 4 is 17.9 Å². The third kappa shape index (κ3) is 3.68. The van der Waals surface area contributed by atoms with E-state index in [0.717, 1.165) is 31.5 Å². The predicted molar refractivity (Wildman–Crippen MR) is 74.4 cm³/mol. The van der Waals surface area contributed by atoms with E-state index >= 15 is 0 Å². The smallest absolute Gasteiger partial charge is 0.248 e. The van der Waals surface area contributed by atoms with Gasteiger partial charge in [0.25, 0.3) is 0 Å². The van der Waals surface area contributed by atoms with Crippen LogP contribution in [0.25, 0.3) is 6.08 Å². The molecule has 2 rings (SSSR count). The zero-order chi connectivity index (χ0) is 13.7. The van der Waals surface area contributed by atoms with E-state index in [1.807, 2.05) is 4.90 Å². The molecule has 0 bridgehead atoms. The highest BCUT2D eigenvalue weighted by Gasteiger charge is 2.13. The maximum Gasteiger partial charge on any atom is 0.248 e. The fourth-order valence-corrected chi connectivity index (χ4v) is 2.15. The first-order valence-corrected chi connectivity index (χ1v) is 6.54. The number of likely N-dealkylation sites (tertiary alicyclic amines) is 1. The highest BCUT2D eigenvalue weighted by atomic mass is 16.2. The number of carbonyl (C=O) groups is 2. The highest BCUT2D eigenvalue weighted by molar-refractivity contribution is 5.94. The van der Waals surface area contributed by atoms with Gasteiger partial charge in [0.1, 0.15) is 0 Å². The van der Waals surface area contributed by atoms with Crippen molar-refractivity contribution in [1.82, 2.24) is 4.90 Å². The minimum atomic E-state index is -0.445. The molecule has 1 aliphatic rings. The normalized spacial score (nSPS) is 15.7. The van der Waals surface area contributed by atoms with Gasteiger partial charge in [-0.1, -0.05) is 12.1 Å². The average Bonchev–Trinajstić information content (AvgIpc) is 2.46. The number of primary amides is 1. The van der Waals surface area contributed by atoms with Gasteiger partial charge in [-0.25, -0.2) is 0 Å². The van der Waals surface area contributed by atoms with Crippen LogP contribution in [0.4, 0.5) is 0 Å². The molecule has 4 nitrogen and oxygen atoms in total. The Balaban J connectivity index is 1.97. The summed E-state index contributed by atoms with van der Waals surface area (Å²) in [5.74, 6) is -0.390. The Kier molecular flexibility index (Phi) is 4.34. The molecule has 0 unspecified atom stereocenters. The number of benzene rings is 1. The number of amides is 2. The molecule has 1 aliphatic heterocycles. The van der Waals surface area contributed by atoms with E-state index in [-0.39, 0.29) is 5.91 Å². The van der Waals surface area contributed by atoms with Crippen LogP contribution >= 0.6 is 0 Å². The predicted octanol–water partition coefficient (Wildman–Crippen LogP) is 1.81. The van der Waals surface area contributed by atoms with Crippen molar-refractivity contribution in [2.45, 2.75) is 19.3 Å². The molecule has 2 amide bonds. The van der Waals surface area contributed by atoms with E-state index in [1.54, 1.807) is 36.4 Å². The van der Waals surface area contributed by atoms with Crippen LogP contribution in [0.15, 0.2) is 30.3 Å². The van der Waals surface area contributed by atoms with Crippen molar-refractivity contribution in [3.63, 3.8) is 0 Å². The standard InChI is InChI=1S/C15H18N2O2/c16-15(19)13-7-4-12(5-8-13)6-9-14(18)17-10-2-1-3-11-17/h4-9H,1-3,10-11H2,(H2,16,19). The van der Waals surface area contributed by atoms with E-state index in [1.165, 1.54) is 6.42 Å². The number of nitrogens with zero attached hydrogens (tertiary/aromatic N) is 1. The van der Waals surface area contributed by atoms with Crippen LogP contribution in [-0.2, 0) is 4.79 Å². The molecule has 2 N–H and O–H groups in total. The van der Waals surface area contributed by atoms with Crippen molar-refractivity contribution in [2.75, 3.05) is 13.1 Å².